The Morgan fingerprint density at radius 3 is 2.41 bits per heavy atom. The number of hydrogen-bond acceptors (Lipinski definition) is 1. The Bertz CT molecular complexity index is 552. The summed E-state index contributed by atoms with van der Waals surface area (Å²) >= 11 is 0. The van der Waals surface area contributed by atoms with Gasteiger partial charge in [0.25, 0.3) is 0 Å². The molecule has 0 amide bonds. The summed E-state index contributed by atoms with van der Waals surface area (Å²) in [6, 6.07) is 7.41. The second kappa shape index (κ2) is 4.49. The highest BCUT2D eigenvalue weighted by molar-refractivity contribution is 5.71. The van der Waals surface area contributed by atoms with E-state index in [1.54, 1.807) is 0 Å². The lowest BCUT2D eigenvalue weighted by atomic mass is 10.0. The normalized spacial score (nSPS) is 10.4. The summed E-state index contributed by atoms with van der Waals surface area (Å²) in [6.45, 7) is 0. The minimum atomic E-state index is -1.02. The molecule has 0 aliphatic rings. The second-order valence-corrected chi connectivity index (χ2v) is 3.45. The fourth-order valence-corrected chi connectivity index (χ4v) is 1.60. The predicted octanol–water partition coefficient (Wildman–Crippen LogP) is 3.78. The number of hydrogen-bond donors (Lipinski definition) is 0. The summed E-state index contributed by atoms with van der Waals surface area (Å²) in [6.07, 6.45) is 0. The van der Waals surface area contributed by atoms with Gasteiger partial charge in [-0.05, 0) is 24.3 Å². The van der Waals surface area contributed by atoms with Crippen LogP contribution in [-0.4, -0.2) is 7.11 Å². The third-order valence-corrected chi connectivity index (χ3v) is 2.40. The Hall–Kier alpha value is -1.97. The molecule has 0 aliphatic heterocycles. The van der Waals surface area contributed by atoms with E-state index in [2.05, 4.69) is 0 Å². The van der Waals surface area contributed by atoms with E-state index in [-0.39, 0.29) is 16.9 Å². The van der Waals surface area contributed by atoms with E-state index < -0.39 is 17.5 Å². The molecular weight excluding hydrogens is 229 g/mol. The van der Waals surface area contributed by atoms with Gasteiger partial charge in [0.05, 0.1) is 7.11 Å². The fourth-order valence-electron chi connectivity index (χ4n) is 1.60. The summed E-state index contributed by atoms with van der Waals surface area (Å²) in [5, 5.41) is 0. The van der Waals surface area contributed by atoms with Crippen molar-refractivity contribution in [2.45, 2.75) is 0 Å². The monoisotopic (exact) mass is 238 g/mol. The highest BCUT2D eigenvalue weighted by Gasteiger charge is 2.14. The molecule has 2 aromatic carbocycles. The van der Waals surface area contributed by atoms with Crippen LogP contribution in [0.25, 0.3) is 11.1 Å². The molecule has 0 heterocycles. The van der Waals surface area contributed by atoms with Crippen LogP contribution in [-0.2, 0) is 0 Å². The first-order chi connectivity index (χ1) is 8.13. The van der Waals surface area contributed by atoms with Crippen LogP contribution in [0.4, 0.5) is 13.2 Å². The molecule has 0 unspecified atom stereocenters. The second-order valence-electron chi connectivity index (χ2n) is 3.45. The Kier molecular flexibility index (Phi) is 3.04. The zero-order valence-electron chi connectivity index (χ0n) is 9.01. The first-order valence-electron chi connectivity index (χ1n) is 4.91. The van der Waals surface area contributed by atoms with Crippen molar-refractivity contribution < 1.29 is 17.9 Å². The molecule has 2 rings (SSSR count). The van der Waals surface area contributed by atoms with Gasteiger partial charge in [-0.2, -0.15) is 0 Å². The number of halogens is 3. The Morgan fingerprint density at radius 2 is 1.71 bits per heavy atom. The third kappa shape index (κ3) is 2.11. The number of methoxy groups -OCH3 is 1. The highest BCUT2D eigenvalue weighted by Crippen LogP contribution is 2.32. The average Bonchev–Trinajstić information content (AvgIpc) is 2.33. The summed E-state index contributed by atoms with van der Waals surface area (Å²) in [4.78, 5) is 0. The van der Waals surface area contributed by atoms with Crippen molar-refractivity contribution >= 4 is 0 Å². The molecule has 0 saturated heterocycles. The van der Waals surface area contributed by atoms with E-state index in [1.165, 1.54) is 31.4 Å². The molecule has 0 atom stereocenters. The number of ether oxygens (including phenoxy) is 1. The molecular formula is C13H9F3O. The van der Waals surface area contributed by atoms with Crippen LogP contribution in [0.5, 0.6) is 5.75 Å². The van der Waals surface area contributed by atoms with Crippen molar-refractivity contribution in [1.82, 2.24) is 0 Å². The maximum atomic E-state index is 13.6. The van der Waals surface area contributed by atoms with Gasteiger partial charge in [-0.3, -0.25) is 0 Å². The Balaban J connectivity index is 2.67. The van der Waals surface area contributed by atoms with E-state index >= 15 is 0 Å². The molecule has 17 heavy (non-hydrogen) atoms. The lowest BCUT2D eigenvalue weighted by Gasteiger charge is -2.09. The molecule has 4 heteroatoms. The SMILES string of the molecule is COc1ccc(F)cc1-c1cccc(F)c1F. The number of rotatable bonds is 2. The standard InChI is InChI=1S/C13H9F3O/c1-17-12-6-5-8(14)7-10(12)9-3-2-4-11(15)13(9)16/h2-7H,1H3. The Labute approximate surface area is 96.5 Å². The van der Waals surface area contributed by atoms with Crippen LogP contribution in [0.3, 0.4) is 0 Å². The first kappa shape index (κ1) is 11.5. The quantitative estimate of drug-likeness (QED) is 0.773. The van der Waals surface area contributed by atoms with Gasteiger partial charge in [0.15, 0.2) is 11.6 Å². The average molecular weight is 238 g/mol. The van der Waals surface area contributed by atoms with Gasteiger partial charge in [0.1, 0.15) is 11.6 Å². The van der Waals surface area contributed by atoms with Gasteiger partial charge in [0, 0.05) is 11.1 Å². The van der Waals surface area contributed by atoms with Crippen LogP contribution in [0.1, 0.15) is 0 Å². The van der Waals surface area contributed by atoms with Crippen molar-refractivity contribution in [3.05, 3.63) is 53.8 Å². The minimum absolute atomic E-state index is 0.0265. The van der Waals surface area contributed by atoms with Gasteiger partial charge in [-0.25, -0.2) is 13.2 Å². The van der Waals surface area contributed by atoms with Crippen molar-refractivity contribution in [2.24, 2.45) is 0 Å². The predicted molar refractivity (Wildman–Crippen MR) is 58.3 cm³/mol. The topological polar surface area (TPSA) is 9.23 Å². The molecule has 0 saturated carbocycles. The third-order valence-electron chi connectivity index (χ3n) is 2.40. The van der Waals surface area contributed by atoms with E-state index in [0.717, 1.165) is 12.1 Å². The van der Waals surface area contributed by atoms with E-state index in [9.17, 15) is 13.2 Å². The van der Waals surface area contributed by atoms with Gasteiger partial charge < -0.3 is 4.74 Å². The molecule has 0 spiro atoms. The van der Waals surface area contributed by atoms with Crippen LogP contribution < -0.4 is 4.74 Å². The molecule has 0 radical (unpaired) electrons. The van der Waals surface area contributed by atoms with Crippen molar-refractivity contribution in [3.63, 3.8) is 0 Å². The van der Waals surface area contributed by atoms with Gasteiger partial charge in [-0.15, -0.1) is 0 Å². The smallest absolute Gasteiger partial charge is 0.166 e. The van der Waals surface area contributed by atoms with E-state index in [1.807, 2.05) is 0 Å². The van der Waals surface area contributed by atoms with Crippen molar-refractivity contribution in [2.75, 3.05) is 7.11 Å². The summed E-state index contributed by atoms with van der Waals surface area (Å²) in [7, 11) is 1.38. The summed E-state index contributed by atoms with van der Waals surface area (Å²) < 4.78 is 44.8. The van der Waals surface area contributed by atoms with Crippen LogP contribution in [0.15, 0.2) is 36.4 Å². The van der Waals surface area contributed by atoms with Gasteiger partial charge in [-0.1, -0.05) is 12.1 Å². The first-order valence-corrected chi connectivity index (χ1v) is 4.91. The highest BCUT2D eigenvalue weighted by atomic mass is 19.2. The minimum Gasteiger partial charge on any atom is -0.496 e. The van der Waals surface area contributed by atoms with Gasteiger partial charge in [0.2, 0.25) is 0 Å². The van der Waals surface area contributed by atoms with E-state index in [4.69, 9.17) is 4.74 Å². The molecule has 2 aromatic rings. The molecule has 0 aliphatic carbocycles. The zero-order chi connectivity index (χ0) is 12.4. The maximum absolute atomic E-state index is 13.6. The zero-order valence-corrected chi connectivity index (χ0v) is 9.01. The van der Waals surface area contributed by atoms with Crippen molar-refractivity contribution in [3.8, 4) is 16.9 Å². The summed E-state index contributed by atoms with van der Waals surface area (Å²) in [5.41, 5.74) is 0.158. The van der Waals surface area contributed by atoms with E-state index in [0.29, 0.717) is 0 Å². The maximum Gasteiger partial charge on any atom is 0.166 e. The molecule has 0 aromatic heterocycles. The number of benzene rings is 2. The fraction of sp³-hybridized carbons (Fsp3) is 0.0769. The Morgan fingerprint density at radius 1 is 0.941 bits per heavy atom. The molecule has 88 valence electrons. The van der Waals surface area contributed by atoms with Gasteiger partial charge >= 0.3 is 0 Å². The van der Waals surface area contributed by atoms with Crippen LogP contribution in [0, 0.1) is 17.5 Å². The molecule has 1 nitrogen and oxygen atoms in total. The lowest BCUT2D eigenvalue weighted by molar-refractivity contribution is 0.415. The van der Waals surface area contributed by atoms with Crippen molar-refractivity contribution in [1.29, 1.82) is 0 Å². The molecule has 0 fully saturated rings. The molecule has 0 N–H and O–H groups in total. The summed E-state index contributed by atoms with van der Waals surface area (Å²) in [5.74, 6) is -2.24. The van der Waals surface area contributed by atoms with Crippen LogP contribution in [0.2, 0.25) is 0 Å². The van der Waals surface area contributed by atoms with Crippen LogP contribution >= 0.6 is 0 Å². The molecule has 0 bridgehead atoms. The lowest BCUT2D eigenvalue weighted by Crippen LogP contribution is -1.93. The largest absolute Gasteiger partial charge is 0.496 e.